The molecule has 0 radical (unpaired) electrons. The fourth-order valence-corrected chi connectivity index (χ4v) is 3.14. The average Bonchev–Trinajstić information content (AvgIpc) is 2.16. The maximum absolute atomic E-state index is 5.55. The minimum absolute atomic E-state index is 0.580. The lowest BCUT2D eigenvalue weighted by Gasteiger charge is -2.27. The highest BCUT2D eigenvalue weighted by Crippen LogP contribution is 2.05. The molecule has 5 heteroatoms. The Morgan fingerprint density at radius 3 is 1.79 bits per heavy atom. The maximum atomic E-state index is 5.55. The maximum Gasteiger partial charge on any atom is 0.597 e. The van der Waals surface area contributed by atoms with Gasteiger partial charge in [0.2, 0.25) is 0 Å². The normalized spacial score (nSPS) is 11.6. The zero-order chi connectivity index (χ0) is 10.9. The molecule has 0 aliphatic carbocycles. The van der Waals surface area contributed by atoms with E-state index in [4.69, 9.17) is 13.3 Å². The van der Waals surface area contributed by atoms with Crippen molar-refractivity contribution in [1.29, 1.82) is 0 Å². The van der Waals surface area contributed by atoms with Crippen LogP contribution in [0.2, 0.25) is 0 Å². The second kappa shape index (κ2) is 8.13. The van der Waals surface area contributed by atoms with Gasteiger partial charge in [0.1, 0.15) is 0 Å². The summed E-state index contributed by atoms with van der Waals surface area (Å²) in [6.45, 7) is 11.8. The predicted molar refractivity (Wildman–Crippen MR) is 58.8 cm³/mol. The third-order valence-electron chi connectivity index (χ3n) is 1.47. The fourth-order valence-electron chi connectivity index (χ4n) is 1.05. The van der Waals surface area contributed by atoms with Crippen LogP contribution >= 0.6 is 0 Å². The van der Waals surface area contributed by atoms with E-state index in [1.54, 1.807) is 6.08 Å². The lowest BCUT2D eigenvalue weighted by Crippen LogP contribution is -2.59. The Labute approximate surface area is 87.7 Å². The van der Waals surface area contributed by atoms with E-state index >= 15 is 0 Å². The van der Waals surface area contributed by atoms with E-state index in [0.717, 1.165) is 0 Å². The molecule has 14 heavy (non-hydrogen) atoms. The highest BCUT2D eigenvalue weighted by molar-refractivity contribution is 6.57. The summed E-state index contributed by atoms with van der Waals surface area (Å²) in [6, 6.07) is 0. The molecule has 0 saturated carbocycles. The Balaban J connectivity index is 4.28. The first-order valence-corrected chi connectivity index (χ1v) is 6.74. The van der Waals surface area contributed by atoms with Gasteiger partial charge in [0.15, 0.2) is 0 Å². The van der Waals surface area contributed by atoms with Crippen molar-refractivity contribution in [1.82, 2.24) is 4.98 Å². The van der Waals surface area contributed by atoms with Gasteiger partial charge >= 0.3 is 8.97 Å². The van der Waals surface area contributed by atoms with Crippen molar-refractivity contribution in [2.24, 2.45) is 0 Å². The second-order valence-electron chi connectivity index (χ2n) is 2.52. The van der Waals surface area contributed by atoms with Gasteiger partial charge in [0.05, 0.1) is 0 Å². The van der Waals surface area contributed by atoms with E-state index < -0.39 is 8.97 Å². The lowest BCUT2D eigenvalue weighted by molar-refractivity contribution is 0.0611. The predicted octanol–water partition coefficient (Wildman–Crippen LogP) is 1.31. The van der Waals surface area contributed by atoms with Gasteiger partial charge in [-0.25, -0.2) is 0 Å². The minimum atomic E-state index is -2.64. The molecule has 0 aliphatic heterocycles. The van der Waals surface area contributed by atoms with Crippen molar-refractivity contribution in [2.75, 3.05) is 26.4 Å². The van der Waals surface area contributed by atoms with Gasteiger partial charge in [0.25, 0.3) is 0 Å². The monoisotopic (exact) mass is 219 g/mol. The first-order chi connectivity index (χ1) is 6.74. The SMILES string of the molecule is C=CCN[Si](OCC)(OCC)OCC. The van der Waals surface area contributed by atoms with Crippen molar-refractivity contribution in [3.63, 3.8) is 0 Å². The zero-order valence-electron chi connectivity index (χ0n) is 9.34. The zero-order valence-corrected chi connectivity index (χ0v) is 10.3. The molecule has 0 rings (SSSR count). The van der Waals surface area contributed by atoms with Crippen LogP contribution in [0.4, 0.5) is 0 Å². The number of hydrogen-bond acceptors (Lipinski definition) is 4. The smallest absolute Gasteiger partial charge is 0.361 e. The number of rotatable bonds is 9. The van der Waals surface area contributed by atoms with Gasteiger partial charge in [-0.15, -0.1) is 6.58 Å². The van der Waals surface area contributed by atoms with Crippen LogP contribution in [0.3, 0.4) is 0 Å². The van der Waals surface area contributed by atoms with E-state index in [-0.39, 0.29) is 0 Å². The molecule has 0 aliphatic rings. The molecule has 0 fully saturated rings. The second-order valence-corrected chi connectivity index (χ2v) is 4.86. The Morgan fingerprint density at radius 1 is 1.07 bits per heavy atom. The number of hydrogen-bond donors (Lipinski definition) is 1. The minimum Gasteiger partial charge on any atom is -0.361 e. The lowest BCUT2D eigenvalue weighted by atomic mass is 10.7. The van der Waals surface area contributed by atoms with E-state index in [1.165, 1.54) is 0 Å². The first kappa shape index (κ1) is 13.8. The van der Waals surface area contributed by atoms with Crippen LogP contribution in [-0.4, -0.2) is 35.3 Å². The molecule has 0 atom stereocenters. The summed E-state index contributed by atoms with van der Waals surface area (Å²) >= 11 is 0. The van der Waals surface area contributed by atoms with E-state index in [0.29, 0.717) is 26.4 Å². The summed E-state index contributed by atoms with van der Waals surface area (Å²) in [5, 5.41) is 0. The molecule has 0 bridgehead atoms. The fraction of sp³-hybridized carbons (Fsp3) is 0.778. The van der Waals surface area contributed by atoms with Crippen molar-refractivity contribution >= 4 is 8.97 Å². The van der Waals surface area contributed by atoms with E-state index in [2.05, 4.69) is 11.6 Å². The van der Waals surface area contributed by atoms with Gasteiger partial charge < -0.3 is 13.3 Å². The van der Waals surface area contributed by atoms with E-state index in [1.807, 2.05) is 20.8 Å². The van der Waals surface area contributed by atoms with Crippen LogP contribution in [0.5, 0.6) is 0 Å². The molecule has 0 amide bonds. The van der Waals surface area contributed by atoms with Crippen molar-refractivity contribution in [3.05, 3.63) is 12.7 Å². The van der Waals surface area contributed by atoms with Gasteiger partial charge in [-0.3, -0.25) is 4.98 Å². The molecule has 0 spiro atoms. The molecule has 0 aromatic rings. The molecule has 0 unspecified atom stereocenters. The Kier molecular flexibility index (Phi) is 8.02. The Hall–Kier alpha value is -0.203. The van der Waals surface area contributed by atoms with Crippen molar-refractivity contribution in [2.45, 2.75) is 20.8 Å². The number of nitrogens with one attached hydrogen (secondary N) is 1. The van der Waals surface area contributed by atoms with Crippen molar-refractivity contribution < 1.29 is 13.3 Å². The van der Waals surface area contributed by atoms with Crippen LogP contribution in [0.15, 0.2) is 12.7 Å². The Bertz CT molecular complexity index is 138. The molecule has 0 saturated heterocycles. The highest BCUT2D eigenvalue weighted by atomic mass is 28.4. The summed E-state index contributed by atoms with van der Waals surface area (Å²) in [6.07, 6.45) is 1.76. The molecule has 0 heterocycles. The topological polar surface area (TPSA) is 39.7 Å². The average molecular weight is 219 g/mol. The summed E-state index contributed by atoms with van der Waals surface area (Å²) < 4.78 is 16.6. The largest absolute Gasteiger partial charge is 0.597 e. The third-order valence-corrected chi connectivity index (χ3v) is 4.11. The summed E-state index contributed by atoms with van der Waals surface area (Å²) in [4.78, 5) is 3.14. The van der Waals surface area contributed by atoms with Crippen LogP contribution in [0, 0.1) is 0 Å². The van der Waals surface area contributed by atoms with E-state index in [9.17, 15) is 0 Å². The first-order valence-electron chi connectivity index (χ1n) is 5.02. The van der Waals surface area contributed by atoms with Gasteiger partial charge in [0, 0.05) is 26.4 Å². The molecular weight excluding hydrogens is 198 g/mol. The third kappa shape index (κ3) is 4.87. The molecular formula is C9H21NO3Si. The van der Waals surface area contributed by atoms with Crippen molar-refractivity contribution in [3.8, 4) is 0 Å². The molecule has 84 valence electrons. The standard InChI is InChI=1S/C9H21NO3Si/c1-5-9-10-14(11-6-2,12-7-3)13-8-4/h5,10H,1,6-9H2,2-4H3. The van der Waals surface area contributed by atoms with Crippen LogP contribution in [0.1, 0.15) is 20.8 Å². The molecule has 4 nitrogen and oxygen atoms in total. The Morgan fingerprint density at radius 2 is 1.50 bits per heavy atom. The van der Waals surface area contributed by atoms with Gasteiger partial charge in [-0.1, -0.05) is 6.08 Å². The quantitative estimate of drug-likeness (QED) is 0.469. The molecule has 0 aromatic carbocycles. The van der Waals surface area contributed by atoms with Crippen LogP contribution < -0.4 is 4.98 Å². The van der Waals surface area contributed by atoms with Gasteiger partial charge in [-0.05, 0) is 20.8 Å². The summed E-state index contributed by atoms with van der Waals surface area (Å²) in [5.74, 6) is 0. The summed E-state index contributed by atoms with van der Waals surface area (Å²) in [5.41, 5.74) is 0. The summed E-state index contributed by atoms with van der Waals surface area (Å²) in [7, 11) is -2.64. The molecule has 1 N–H and O–H groups in total. The molecule has 0 aromatic heterocycles. The highest BCUT2D eigenvalue weighted by Gasteiger charge is 2.40. The van der Waals surface area contributed by atoms with Crippen LogP contribution in [-0.2, 0) is 13.3 Å². The van der Waals surface area contributed by atoms with Crippen LogP contribution in [0.25, 0.3) is 0 Å². The van der Waals surface area contributed by atoms with Gasteiger partial charge in [-0.2, -0.15) is 0 Å².